The minimum Gasteiger partial charge on any atom is -0.381 e. The summed E-state index contributed by atoms with van der Waals surface area (Å²) in [6.45, 7) is 2.45. The number of ether oxygens (including phenoxy) is 1. The first-order valence-corrected chi connectivity index (χ1v) is 6.63. The van der Waals surface area contributed by atoms with Gasteiger partial charge < -0.3 is 10.1 Å². The molecule has 2 fully saturated rings. The van der Waals surface area contributed by atoms with E-state index in [1.54, 1.807) is 0 Å². The fourth-order valence-electron chi connectivity index (χ4n) is 2.73. The summed E-state index contributed by atoms with van der Waals surface area (Å²) in [6, 6.07) is 0. The average Bonchev–Trinajstić information content (AvgIpc) is 3.09. The van der Waals surface area contributed by atoms with Crippen molar-refractivity contribution in [1.82, 2.24) is 5.32 Å². The molecule has 0 aromatic carbocycles. The van der Waals surface area contributed by atoms with Gasteiger partial charge in [-0.2, -0.15) is 0 Å². The zero-order chi connectivity index (χ0) is 10.5. The SMILES string of the molecule is CO[C@@H]1CCCC[C@@H]1CCNCC1CC1. The smallest absolute Gasteiger partial charge is 0.0600 e. The molecule has 2 heteroatoms. The van der Waals surface area contributed by atoms with Crippen molar-refractivity contribution in [2.75, 3.05) is 20.2 Å². The summed E-state index contributed by atoms with van der Waals surface area (Å²) < 4.78 is 5.57. The Labute approximate surface area is 93.8 Å². The molecular formula is C13H25NO. The summed E-state index contributed by atoms with van der Waals surface area (Å²) in [5, 5.41) is 3.58. The average molecular weight is 211 g/mol. The summed E-state index contributed by atoms with van der Waals surface area (Å²) in [4.78, 5) is 0. The van der Waals surface area contributed by atoms with Crippen LogP contribution in [0, 0.1) is 11.8 Å². The maximum atomic E-state index is 5.57. The Balaban J connectivity index is 1.58. The van der Waals surface area contributed by atoms with Gasteiger partial charge >= 0.3 is 0 Å². The molecule has 0 aromatic heterocycles. The molecule has 0 aliphatic heterocycles. The lowest BCUT2D eigenvalue weighted by atomic mass is 9.84. The van der Waals surface area contributed by atoms with E-state index in [1.807, 2.05) is 7.11 Å². The van der Waals surface area contributed by atoms with Gasteiger partial charge in [0.15, 0.2) is 0 Å². The van der Waals surface area contributed by atoms with Gasteiger partial charge in [0.2, 0.25) is 0 Å². The topological polar surface area (TPSA) is 21.3 Å². The number of nitrogens with one attached hydrogen (secondary N) is 1. The first-order chi connectivity index (χ1) is 7.40. The molecule has 0 heterocycles. The molecule has 2 saturated carbocycles. The van der Waals surface area contributed by atoms with Crippen LogP contribution >= 0.6 is 0 Å². The molecule has 2 atom stereocenters. The highest BCUT2D eigenvalue weighted by Crippen LogP contribution is 2.29. The zero-order valence-corrected chi connectivity index (χ0v) is 10.0. The van der Waals surface area contributed by atoms with E-state index >= 15 is 0 Å². The number of rotatable bonds is 6. The first-order valence-electron chi connectivity index (χ1n) is 6.63. The fraction of sp³-hybridized carbons (Fsp3) is 1.00. The Bertz CT molecular complexity index is 179. The summed E-state index contributed by atoms with van der Waals surface area (Å²) in [5.74, 6) is 1.82. The molecule has 0 saturated heterocycles. The molecule has 0 aromatic rings. The Morgan fingerprint density at radius 3 is 2.67 bits per heavy atom. The second kappa shape index (κ2) is 5.86. The fourth-order valence-corrected chi connectivity index (χ4v) is 2.73. The van der Waals surface area contributed by atoms with Gasteiger partial charge in [0, 0.05) is 7.11 Å². The molecule has 15 heavy (non-hydrogen) atoms. The third-order valence-corrected chi connectivity index (χ3v) is 3.96. The number of hydrogen-bond acceptors (Lipinski definition) is 2. The zero-order valence-electron chi connectivity index (χ0n) is 10.0. The van der Waals surface area contributed by atoms with Crippen LogP contribution in [0.5, 0.6) is 0 Å². The molecule has 88 valence electrons. The lowest BCUT2D eigenvalue weighted by molar-refractivity contribution is 0.0206. The molecular weight excluding hydrogens is 186 g/mol. The second-order valence-corrected chi connectivity index (χ2v) is 5.25. The predicted molar refractivity (Wildman–Crippen MR) is 63.0 cm³/mol. The molecule has 1 N–H and O–H groups in total. The number of methoxy groups -OCH3 is 1. The van der Waals surface area contributed by atoms with E-state index < -0.39 is 0 Å². The quantitative estimate of drug-likeness (QED) is 0.682. The molecule has 0 unspecified atom stereocenters. The summed E-state index contributed by atoms with van der Waals surface area (Å²) in [5.41, 5.74) is 0. The standard InChI is InChI=1S/C13H25NO/c1-15-13-5-3-2-4-12(13)8-9-14-10-11-6-7-11/h11-14H,2-10H2,1H3/t12-,13-/m1/s1. The highest BCUT2D eigenvalue weighted by atomic mass is 16.5. The number of hydrogen-bond donors (Lipinski definition) is 1. The van der Waals surface area contributed by atoms with Crippen molar-refractivity contribution in [3.8, 4) is 0 Å². The van der Waals surface area contributed by atoms with Crippen molar-refractivity contribution < 1.29 is 4.74 Å². The first kappa shape index (κ1) is 11.4. The molecule has 2 aliphatic carbocycles. The molecule has 0 bridgehead atoms. The van der Waals surface area contributed by atoms with Gasteiger partial charge in [0.25, 0.3) is 0 Å². The largest absolute Gasteiger partial charge is 0.381 e. The third-order valence-electron chi connectivity index (χ3n) is 3.96. The minimum atomic E-state index is 0.543. The van der Waals surface area contributed by atoms with E-state index in [1.165, 1.54) is 58.0 Å². The predicted octanol–water partition coefficient (Wildman–Crippen LogP) is 2.58. The monoisotopic (exact) mass is 211 g/mol. The maximum absolute atomic E-state index is 5.57. The van der Waals surface area contributed by atoms with Crippen LogP contribution < -0.4 is 5.32 Å². The van der Waals surface area contributed by atoms with E-state index in [-0.39, 0.29) is 0 Å². The second-order valence-electron chi connectivity index (χ2n) is 5.25. The molecule has 2 aliphatic rings. The van der Waals surface area contributed by atoms with Gasteiger partial charge in [0.05, 0.1) is 6.10 Å². The highest BCUT2D eigenvalue weighted by molar-refractivity contribution is 4.78. The lowest BCUT2D eigenvalue weighted by Crippen LogP contribution is -2.30. The molecule has 0 spiro atoms. The van der Waals surface area contributed by atoms with Gasteiger partial charge in [-0.15, -0.1) is 0 Å². The van der Waals surface area contributed by atoms with Crippen molar-refractivity contribution in [3.05, 3.63) is 0 Å². The normalized spacial score (nSPS) is 31.8. The van der Waals surface area contributed by atoms with Crippen molar-refractivity contribution in [2.45, 2.75) is 51.0 Å². The van der Waals surface area contributed by atoms with Crippen LogP contribution in [0.1, 0.15) is 44.9 Å². The van der Waals surface area contributed by atoms with Crippen molar-refractivity contribution in [1.29, 1.82) is 0 Å². The minimum absolute atomic E-state index is 0.543. The molecule has 0 radical (unpaired) electrons. The molecule has 2 nitrogen and oxygen atoms in total. The van der Waals surface area contributed by atoms with E-state index in [0.29, 0.717) is 6.10 Å². The van der Waals surface area contributed by atoms with Crippen LogP contribution in [0.25, 0.3) is 0 Å². The Hall–Kier alpha value is -0.0800. The van der Waals surface area contributed by atoms with E-state index in [2.05, 4.69) is 5.32 Å². The van der Waals surface area contributed by atoms with Crippen LogP contribution in [0.15, 0.2) is 0 Å². The van der Waals surface area contributed by atoms with Gasteiger partial charge in [-0.3, -0.25) is 0 Å². The molecule has 2 rings (SSSR count). The van der Waals surface area contributed by atoms with Gasteiger partial charge in [-0.05, 0) is 57.0 Å². The summed E-state index contributed by atoms with van der Waals surface area (Å²) in [7, 11) is 1.88. The van der Waals surface area contributed by atoms with Crippen molar-refractivity contribution >= 4 is 0 Å². The van der Waals surface area contributed by atoms with Crippen molar-refractivity contribution in [3.63, 3.8) is 0 Å². The summed E-state index contributed by atoms with van der Waals surface area (Å²) >= 11 is 0. The van der Waals surface area contributed by atoms with Crippen LogP contribution in [0.2, 0.25) is 0 Å². The van der Waals surface area contributed by atoms with Crippen molar-refractivity contribution in [2.24, 2.45) is 11.8 Å². The van der Waals surface area contributed by atoms with E-state index in [9.17, 15) is 0 Å². The van der Waals surface area contributed by atoms with Crippen LogP contribution in [0.3, 0.4) is 0 Å². The van der Waals surface area contributed by atoms with Gasteiger partial charge in [-0.25, -0.2) is 0 Å². The van der Waals surface area contributed by atoms with Crippen LogP contribution in [0.4, 0.5) is 0 Å². The van der Waals surface area contributed by atoms with Crippen LogP contribution in [-0.4, -0.2) is 26.3 Å². The van der Waals surface area contributed by atoms with E-state index in [0.717, 1.165) is 11.8 Å². The maximum Gasteiger partial charge on any atom is 0.0600 e. The Morgan fingerprint density at radius 2 is 1.93 bits per heavy atom. The van der Waals surface area contributed by atoms with Crippen LogP contribution in [-0.2, 0) is 4.74 Å². The van der Waals surface area contributed by atoms with Gasteiger partial charge in [-0.1, -0.05) is 12.8 Å². The Kier molecular flexibility index (Phi) is 4.45. The highest BCUT2D eigenvalue weighted by Gasteiger charge is 2.25. The third kappa shape index (κ3) is 3.76. The lowest BCUT2D eigenvalue weighted by Gasteiger charge is -2.30. The molecule has 0 amide bonds. The Morgan fingerprint density at radius 1 is 1.13 bits per heavy atom. The van der Waals surface area contributed by atoms with E-state index in [4.69, 9.17) is 4.74 Å². The van der Waals surface area contributed by atoms with Gasteiger partial charge in [0.1, 0.15) is 0 Å². The summed E-state index contributed by atoms with van der Waals surface area (Å²) in [6.07, 6.45) is 10.2.